The number of likely N-dealkylation sites (N-methyl/N-ethyl adjacent to an activating group) is 1. The van der Waals surface area contributed by atoms with Crippen LogP contribution in [0.25, 0.3) is 0 Å². The number of anilines is 1. The van der Waals surface area contributed by atoms with Gasteiger partial charge in [-0.25, -0.2) is 0 Å². The third-order valence-corrected chi connectivity index (χ3v) is 5.80. The highest BCUT2D eigenvalue weighted by Crippen LogP contribution is 2.36. The number of nitrogens with zero attached hydrogens (tertiary/aromatic N) is 3. The Bertz CT molecular complexity index is 650. The summed E-state index contributed by atoms with van der Waals surface area (Å²) in [6.45, 7) is 8.62. The van der Waals surface area contributed by atoms with E-state index < -0.39 is 0 Å². The summed E-state index contributed by atoms with van der Waals surface area (Å²) in [6, 6.07) is 3.05. The predicted molar refractivity (Wildman–Crippen MR) is 102 cm³/mol. The van der Waals surface area contributed by atoms with Gasteiger partial charge in [-0.15, -0.1) is 0 Å². The van der Waals surface area contributed by atoms with E-state index in [4.69, 9.17) is 0 Å². The quantitative estimate of drug-likeness (QED) is 0.843. The molecular formula is C20H32N4O. The molecular weight excluding hydrogens is 312 g/mol. The van der Waals surface area contributed by atoms with Crippen LogP contribution in [0.4, 0.5) is 5.82 Å². The van der Waals surface area contributed by atoms with Gasteiger partial charge in [0.15, 0.2) is 0 Å². The summed E-state index contributed by atoms with van der Waals surface area (Å²) in [5.41, 5.74) is 2.70. The van der Waals surface area contributed by atoms with Crippen molar-refractivity contribution in [1.82, 2.24) is 9.47 Å². The summed E-state index contributed by atoms with van der Waals surface area (Å²) >= 11 is 0. The Kier molecular flexibility index (Phi) is 6.66. The van der Waals surface area contributed by atoms with Crippen LogP contribution in [0, 0.1) is 25.2 Å². The molecule has 0 radical (unpaired) electrons. The second kappa shape index (κ2) is 8.53. The molecule has 0 saturated heterocycles. The lowest BCUT2D eigenvalue weighted by molar-refractivity contribution is -0.117. The summed E-state index contributed by atoms with van der Waals surface area (Å²) in [5, 5.41) is 12.7. The smallest absolute Gasteiger partial charge is 0.239 e. The van der Waals surface area contributed by atoms with Gasteiger partial charge in [-0.2, -0.15) is 5.26 Å². The Morgan fingerprint density at radius 3 is 2.56 bits per heavy atom. The Labute approximate surface area is 152 Å². The van der Waals surface area contributed by atoms with Gasteiger partial charge in [0.1, 0.15) is 11.9 Å². The second-order valence-corrected chi connectivity index (χ2v) is 7.43. The van der Waals surface area contributed by atoms with E-state index >= 15 is 0 Å². The van der Waals surface area contributed by atoms with Crippen molar-refractivity contribution in [2.24, 2.45) is 0 Å². The first-order valence-electron chi connectivity index (χ1n) is 9.52. The van der Waals surface area contributed by atoms with Crippen molar-refractivity contribution in [3.8, 4) is 6.07 Å². The maximum Gasteiger partial charge on any atom is 0.239 e. The number of amides is 1. The Morgan fingerprint density at radius 1 is 1.36 bits per heavy atom. The number of hydrogen-bond acceptors (Lipinski definition) is 3. The summed E-state index contributed by atoms with van der Waals surface area (Å²) in [4.78, 5) is 14.6. The van der Waals surface area contributed by atoms with Crippen molar-refractivity contribution in [3.05, 3.63) is 16.8 Å². The van der Waals surface area contributed by atoms with Crippen LogP contribution in [-0.4, -0.2) is 35.0 Å². The summed E-state index contributed by atoms with van der Waals surface area (Å²) in [7, 11) is 1.97. The molecule has 1 saturated carbocycles. The van der Waals surface area contributed by atoms with Crippen LogP contribution in [0.1, 0.15) is 75.2 Å². The number of carbonyl (C=O) groups is 1. The normalized spacial score (nSPS) is 16.7. The van der Waals surface area contributed by atoms with Crippen molar-refractivity contribution in [2.75, 3.05) is 18.9 Å². The molecule has 1 atom stereocenters. The van der Waals surface area contributed by atoms with E-state index in [0.717, 1.165) is 30.5 Å². The Balaban J connectivity index is 2.28. The van der Waals surface area contributed by atoms with E-state index in [1.54, 1.807) is 0 Å². The maximum absolute atomic E-state index is 12.6. The molecule has 1 N–H and O–H groups in total. The van der Waals surface area contributed by atoms with Crippen LogP contribution < -0.4 is 5.32 Å². The van der Waals surface area contributed by atoms with E-state index in [0.29, 0.717) is 30.0 Å². The van der Waals surface area contributed by atoms with Gasteiger partial charge in [-0.05, 0) is 52.6 Å². The SMILES string of the molecule is CCC(C)N(C)CC(=O)Nc1c(C#N)c(C)c(C)n1C1CCCCC1. The van der Waals surface area contributed by atoms with Crippen molar-refractivity contribution in [2.45, 2.75) is 78.3 Å². The van der Waals surface area contributed by atoms with Crippen LogP contribution >= 0.6 is 0 Å². The molecule has 138 valence electrons. The van der Waals surface area contributed by atoms with Gasteiger partial charge in [0, 0.05) is 17.8 Å². The molecule has 1 aliphatic rings. The molecule has 2 rings (SSSR count). The zero-order chi connectivity index (χ0) is 18.6. The lowest BCUT2D eigenvalue weighted by Gasteiger charge is -2.28. The number of rotatable bonds is 6. The van der Waals surface area contributed by atoms with Crippen LogP contribution in [-0.2, 0) is 4.79 Å². The van der Waals surface area contributed by atoms with E-state index in [-0.39, 0.29) is 5.91 Å². The third-order valence-electron chi connectivity index (χ3n) is 5.80. The van der Waals surface area contributed by atoms with Gasteiger partial charge in [0.25, 0.3) is 0 Å². The summed E-state index contributed by atoms with van der Waals surface area (Å²) in [5.74, 6) is 0.654. The fourth-order valence-corrected chi connectivity index (χ4v) is 3.75. The molecule has 5 heteroatoms. The molecule has 1 amide bonds. The van der Waals surface area contributed by atoms with Crippen LogP contribution in [0.3, 0.4) is 0 Å². The highest BCUT2D eigenvalue weighted by atomic mass is 16.2. The standard InChI is InChI=1S/C20H32N4O/c1-6-14(2)23(5)13-19(25)22-20-18(12-21)15(3)16(4)24(20)17-10-8-7-9-11-17/h14,17H,6-11,13H2,1-5H3,(H,22,25). The molecule has 1 aromatic rings. The minimum atomic E-state index is -0.0474. The Hall–Kier alpha value is -1.80. The molecule has 25 heavy (non-hydrogen) atoms. The lowest BCUT2D eigenvalue weighted by Crippen LogP contribution is -2.36. The van der Waals surface area contributed by atoms with Gasteiger partial charge in [-0.3, -0.25) is 9.69 Å². The molecule has 0 aromatic carbocycles. The predicted octanol–water partition coefficient (Wildman–Crippen LogP) is 4.15. The molecule has 0 aliphatic heterocycles. The zero-order valence-electron chi connectivity index (χ0n) is 16.4. The molecule has 1 fully saturated rings. The first kappa shape index (κ1) is 19.5. The zero-order valence-corrected chi connectivity index (χ0v) is 16.4. The Morgan fingerprint density at radius 2 is 2.00 bits per heavy atom. The maximum atomic E-state index is 12.6. The fourth-order valence-electron chi connectivity index (χ4n) is 3.75. The molecule has 1 heterocycles. The molecule has 1 aliphatic carbocycles. The van der Waals surface area contributed by atoms with Gasteiger partial charge >= 0.3 is 0 Å². The monoisotopic (exact) mass is 344 g/mol. The average Bonchev–Trinajstić information content (AvgIpc) is 2.84. The van der Waals surface area contributed by atoms with Gasteiger partial charge < -0.3 is 9.88 Å². The average molecular weight is 345 g/mol. The van der Waals surface area contributed by atoms with E-state index in [1.165, 1.54) is 19.3 Å². The van der Waals surface area contributed by atoms with Crippen molar-refractivity contribution >= 4 is 11.7 Å². The number of aromatic nitrogens is 1. The minimum Gasteiger partial charge on any atom is -0.327 e. The molecule has 1 unspecified atom stereocenters. The van der Waals surface area contributed by atoms with Crippen LogP contribution in [0.5, 0.6) is 0 Å². The van der Waals surface area contributed by atoms with Gasteiger partial charge in [0.05, 0.1) is 12.1 Å². The van der Waals surface area contributed by atoms with Crippen LogP contribution in [0.15, 0.2) is 0 Å². The largest absolute Gasteiger partial charge is 0.327 e. The van der Waals surface area contributed by atoms with Crippen molar-refractivity contribution in [1.29, 1.82) is 5.26 Å². The number of nitrogens with one attached hydrogen (secondary N) is 1. The second-order valence-electron chi connectivity index (χ2n) is 7.43. The van der Waals surface area contributed by atoms with E-state index in [9.17, 15) is 10.1 Å². The first-order chi connectivity index (χ1) is 11.9. The van der Waals surface area contributed by atoms with E-state index in [2.05, 4.69) is 41.6 Å². The molecule has 0 spiro atoms. The topological polar surface area (TPSA) is 61.1 Å². The summed E-state index contributed by atoms with van der Waals surface area (Å²) in [6.07, 6.45) is 6.96. The van der Waals surface area contributed by atoms with Crippen LogP contribution in [0.2, 0.25) is 0 Å². The van der Waals surface area contributed by atoms with E-state index in [1.807, 2.05) is 14.0 Å². The third kappa shape index (κ3) is 4.24. The summed E-state index contributed by atoms with van der Waals surface area (Å²) < 4.78 is 2.22. The highest BCUT2D eigenvalue weighted by Gasteiger charge is 2.26. The lowest BCUT2D eigenvalue weighted by atomic mass is 9.95. The van der Waals surface area contributed by atoms with Gasteiger partial charge in [-0.1, -0.05) is 26.2 Å². The fraction of sp³-hybridized carbons (Fsp3) is 0.700. The number of nitriles is 1. The molecule has 1 aromatic heterocycles. The molecule has 5 nitrogen and oxygen atoms in total. The number of carbonyl (C=O) groups excluding carboxylic acids is 1. The number of hydrogen-bond donors (Lipinski definition) is 1. The van der Waals surface area contributed by atoms with Crippen molar-refractivity contribution in [3.63, 3.8) is 0 Å². The molecule has 0 bridgehead atoms. The van der Waals surface area contributed by atoms with Gasteiger partial charge in [0.2, 0.25) is 5.91 Å². The first-order valence-corrected chi connectivity index (χ1v) is 9.52. The van der Waals surface area contributed by atoms with Crippen molar-refractivity contribution < 1.29 is 4.79 Å². The highest BCUT2D eigenvalue weighted by molar-refractivity contribution is 5.93. The minimum absolute atomic E-state index is 0.0474.